The highest BCUT2D eigenvalue weighted by molar-refractivity contribution is 8.26. The van der Waals surface area contributed by atoms with Crippen LogP contribution in [0.5, 0.6) is 11.5 Å². The van der Waals surface area contributed by atoms with E-state index < -0.39 is 0 Å². The molecular formula is C23H17ClN2O2S2. The summed E-state index contributed by atoms with van der Waals surface area (Å²) in [5.74, 6) is 1.41. The van der Waals surface area contributed by atoms with Crippen LogP contribution in [0.3, 0.4) is 0 Å². The number of hydrogen-bond acceptors (Lipinski definition) is 5. The van der Waals surface area contributed by atoms with Gasteiger partial charge in [0.15, 0.2) is 0 Å². The lowest BCUT2D eigenvalue weighted by Crippen LogP contribution is -2.33. The molecule has 0 radical (unpaired) electrons. The van der Waals surface area contributed by atoms with Gasteiger partial charge in [0.25, 0.3) is 5.91 Å². The Balaban J connectivity index is 1.37. The lowest BCUT2D eigenvalue weighted by atomic mass is 10.2. The number of thiocarbonyl (C=S) groups is 1. The molecule has 1 N–H and O–H groups in total. The van der Waals surface area contributed by atoms with Gasteiger partial charge >= 0.3 is 0 Å². The number of nitrogens with one attached hydrogen (secondary N) is 1. The molecule has 30 heavy (non-hydrogen) atoms. The van der Waals surface area contributed by atoms with Crippen molar-refractivity contribution in [1.29, 1.82) is 0 Å². The summed E-state index contributed by atoms with van der Waals surface area (Å²) in [7, 11) is 0. The second-order valence-corrected chi connectivity index (χ2v) is 8.55. The maximum Gasteiger partial charge on any atom is 0.267 e. The molecule has 1 heterocycles. The average molecular weight is 453 g/mol. The van der Waals surface area contributed by atoms with Gasteiger partial charge in [-0.15, -0.1) is 0 Å². The van der Waals surface area contributed by atoms with Crippen LogP contribution in [-0.2, 0) is 4.79 Å². The van der Waals surface area contributed by atoms with Crippen molar-refractivity contribution < 1.29 is 9.53 Å². The first kappa shape index (κ1) is 20.5. The first-order valence-corrected chi connectivity index (χ1v) is 10.8. The molecule has 1 aliphatic heterocycles. The molecule has 4 rings (SSSR count). The Morgan fingerprint density at radius 2 is 1.63 bits per heavy atom. The van der Waals surface area contributed by atoms with Crippen molar-refractivity contribution in [2.24, 2.45) is 0 Å². The van der Waals surface area contributed by atoms with Crippen molar-refractivity contribution in [2.75, 3.05) is 12.0 Å². The summed E-state index contributed by atoms with van der Waals surface area (Å²) in [6, 6.07) is 24.5. The zero-order valence-electron chi connectivity index (χ0n) is 15.7. The van der Waals surface area contributed by atoms with Crippen molar-refractivity contribution >= 4 is 57.6 Å². The van der Waals surface area contributed by atoms with E-state index in [1.54, 1.807) is 17.0 Å². The Kier molecular flexibility index (Phi) is 6.38. The summed E-state index contributed by atoms with van der Waals surface area (Å²) in [5.41, 5.74) is 1.77. The number of carbonyl (C=O) groups is 1. The van der Waals surface area contributed by atoms with Crippen LogP contribution in [0.1, 0.15) is 5.56 Å². The average Bonchev–Trinajstić information content (AvgIpc) is 3.02. The van der Waals surface area contributed by atoms with Crippen molar-refractivity contribution in [3.05, 3.63) is 94.4 Å². The van der Waals surface area contributed by atoms with Gasteiger partial charge in [-0.3, -0.25) is 9.69 Å². The maximum atomic E-state index is 12.7. The van der Waals surface area contributed by atoms with Gasteiger partial charge in [0.2, 0.25) is 0 Å². The normalized spacial score (nSPS) is 15.0. The second kappa shape index (κ2) is 9.34. The number of ether oxygens (including phenoxy) is 1. The molecule has 7 heteroatoms. The molecule has 4 nitrogen and oxygen atoms in total. The topological polar surface area (TPSA) is 41.6 Å². The molecule has 1 saturated heterocycles. The van der Waals surface area contributed by atoms with E-state index in [9.17, 15) is 4.79 Å². The van der Waals surface area contributed by atoms with E-state index in [-0.39, 0.29) is 5.91 Å². The number of halogens is 1. The lowest BCUT2D eigenvalue weighted by molar-refractivity contribution is -0.121. The first-order valence-electron chi connectivity index (χ1n) is 9.16. The first-order chi connectivity index (χ1) is 14.6. The Bertz CT molecular complexity index is 1080. The zero-order chi connectivity index (χ0) is 20.9. The molecule has 0 atom stereocenters. The number of rotatable bonds is 6. The van der Waals surface area contributed by atoms with Crippen LogP contribution < -0.4 is 10.1 Å². The van der Waals surface area contributed by atoms with Crippen LogP contribution in [0.25, 0.3) is 6.08 Å². The maximum absolute atomic E-state index is 12.7. The summed E-state index contributed by atoms with van der Waals surface area (Å²) in [6.07, 6.45) is 1.82. The molecule has 1 aliphatic rings. The number of para-hydroxylation sites is 1. The van der Waals surface area contributed by atoms with Crippen molar-refractivity contribution in [3.8, 4) is 11.5 Å². The summed E-state index contributed by atoms with van der Waals surface area (Å²) in [6.45, 7) is 0.293. The molecule has 1 fully saturated rings. The number of anilines is 1. The van der Waals surface area contributed by atoms with Gasteiger partial charge < -0.3 is 10.1 Å². The van der Waals surface area contributed by atoms with Gasteiger partial charge in [-0.25, -0.2) is 0 Å². The summed E-state index contributed by atoms with van der Waals surface area (Å²) in [4.78, 5) is 14.9. The highest BCUT2D eigenvalue weighted by Crippen LogP contribution is 2.32. The van der Waals surface area contributed by atoms with E-state index in [1.165, 1.54) is 11.8 Å². The molecular weight excluding hydrogens is 436 g/mol. The highest BCUT2D eigenvalue weighted by atomic mass is 35.5. The van der Waals surface area contributed by atoms with E-state index in [1.807, 2.05) is 72.8 Å². The van der Waals surface area contributed by atoms with Crippen LogP contribution in [0.15, 0.2) is 83.8 Å². The predicted octanol–water partition coefficient (Wildman–Crippen LogP) is 6.40. The van der Waals surface area contributed by atoms with Gasteiger partial charge in [0.1, 0.15) is 15.8 Å². The monoisotopic (exact) mass is 452 g/mol. The molecule has 0 spiro atoms. The van der Waals surface area contributed by atoms with Crippen LogP contribution in [0, 0.1) is 0 Å². The SMILES string of the molecule is O=C1/C(=C\c2ccc(Cl)cc2)SC(=S)N1CNc1ccc(Oc2ccccc2)cc1. The fraction of sp³-hybridized carbons (Fsp3) is 0.0435. The highest BCUT2D eigenvalue weighted by Gasteiger charge is 2.31. The standard InChI is InChI=1S/C23H17ClN2O2S2/c24-17-8-6-16(7-9-17)14-21-22(27)26(23(29)30-21)15-25-18-10-12-20(13-11-18)28-19-4-2-1-3-5-19/h1-14,25H,15H2/b21-14+. The number of hydrogen-bond donors (Lipinski definition) is 1. The van der Waals surface area contributed by atoms with Gasteiger partial charge in [-0.1, -0.05) is 65.9 Å². The molecule has 0 unspecified atom stereocenters. The van der Waals surface area contributed by atoms with Gasteiger partial charge in [-0.05, 0) is 60.2 Å². The Morgan fingerprint density at radius 1 is 0.967 bits per heavy atom. The molecule has 1 amide bonds. The van der Waals surface area contributed by atoms with E-state index in [0.717, 1.165) is 22.7 Å². The molecule has 0 bridgehead atoms. The number of benzene rings is 3. The summed E-state index contributed by atoms with van der Waals surface area (Å²) in [5, 5.41) is 3.89. The minimum absolute atomic E-state index is 0.114. The quantitative estimate of drug-likeness (QED) is 0.346. The summed E-state index contributed by atoms with van der Waals surface area (Å²) < 4.78 is 6.32. The fourth-order valence-electron chi connectivity index (χ4n) is 2.78. The van der Waals surface area contributed by atoms with Gasteiger partial charge in [-0.2, -0.15) is 0 Å². The third kappa shape index (κ3) is 5.02. The smallest absolute Gasteiger partial charge is 0.267 e. The second-order valence-electron chi connectivity index (χ2n) is 6.44. The number of thioether (sulfide) groups is 1. The van der Waals surface area contributed by atoms with Crippen LogP contribution in [0.2, 0.25) is 5.02 Å². The molecule has 3 aromatic carbocycles. The lowest BCUT2D eigenvalue weighted by Gasteiger charge is -2.16. The van der Waals surface area contributed by atoms with Crippen molar-refractivity contribution in [2.45, 2.75) is 0 Å². The van der Waals surface area contributed by atoms with Crippen molar-refractivity contribution in [1.82, 2.24) is 4.90 Å². The fourth-order valence-corrected chi connectivity index (χ4v) is 4.16. The largest absolute Gasteiger partial charge is 0.457 e. The zero-order valence-corrected chi connectivity index (χ0v) is 18.1. The Hall–Kier alpha value is -2.80. The predicted molar refractivity (Wildman–Crippen MR) is 128 cm³/mol. The molecule has 0 aliphatic carbocycles. The minimum atomic E-state index is -0.114. The molecule has 0 aromatic heterocycles. The van der Waals surface area contributed by atoms with Crippen LogP contribution in [-0.4, -0.2) is 21.8 Å². The molecule has 150 valence electrons. The van der Waals surface area contributed by atoms with Crippen molar-refractivity contribution in [3.63, 3.8) is 0 Å². The third-order valence-electron chi connectivity index (χ3n) is 4.32. The van der Waals surface area contributed by atoms with E-state index in [0.29, 0.717) is 20.9 Å². The van der Waals surface area contributed by atoms with Crippen LogP contribution in [0.4, 0.5) is 5.69 Å². The third-order valence-corrected chi connectivity index (χ3v) is 5.95. The number of amides is 1. The molecule has 3 aromatic rings. The van der Waals surface area contributed by atoms with Gasteiger partial charge in [0.05, 0.1) is 11.6 Å². The van der Waals surface area contributed by atoms with Gasteiger partial charge in [0, 0.05) is 10.7 Å². The number of nitrogens with zero attached hydrogens (tertiary/aromatic N) is 1. The van der Waals surface area contributed by atoms with E-state index in [4.69, 9.17) is 28.6 Å². The van der Waals surface area contributed by atoms with Crippen LogP contribution >= 0.6 is 35.6 Å². The Morgan fingerprint density at radius 3 is 2.33 bits per heavy atom. The molecule has 0 saturated carbocycles. The minimum Gasteiger partial charge on any atom is -0.457 e. The van der Waals surface area contributed by atoms with E-state index in [2.05, 4.69) is 5.32 Å². The Labute approximate surface area is 189 Å². The number of carbonyl (C=O) groups excluding carboxylic acids is 1. The summed E-state index contributed by atoms with van der Waals surface area (Å²) >= 11 is 12.6. The van der Waals surface area contributed by atoms with E-state index >= 15 is 0 Å².